The van der Waals surface area contributed by atoms with Crippen molar-refractivity contribution in [3.8, 4) is 0 Å². The van der Waals surface area contributed by atoms with E-state index in [1.54, 1.807) is 0 Å². The Kier molecular flexibility index (Phi) is 3.91. The van der Waals surface area contributed by atoms with Crippen LogP contribution in [0.15, 0.2) is 0 Å². The SMILES string of the molecule is CSC(C(=O)O)C(O)C(=O)O. The van der Waals surface area contributed by atoms with Crippen molar-refractivity contribution in [3.63, 3.8) is 0 Å². The zero-order valence-electron chi connectivity index (χ0n) is 5.72. The number of thioether (sulfide) groups is 1. The first kappa shape index (κ1) is 10.2. The van der Waals surface area contributed by atoms with Gasteiger partial charge in [-0.3, -0.25) is 4.79 Å². The Bertz CT molecular complexity index is 168. The highest BCUT2D eigenvalue weighted by Crippen LogP contribution is 2.11. The van der Waals surface area contributed by atoms with Gasteiger partial charge in [0.1, 0.15) is 5.25 Å². The molecule has 2 atom stereocenters. The van der Waals surface area contributed by atoms with E-state index in [4.69, 9.17) is 15.3 Å². The van der Waals surface area contributed by atoms with Crippen LogP contribution in [-0.2, 0) is 9.59 Å². The summed E-state index contributed by atoms with van der Waals surface area (Å²) in [6, 6.07) is 0. The molecule has 0 fully saturated rings. The van der Waals surface area contributed by atoms with Crippen LogP contribution in [0, 0.1) is 0 Å². The molecule has 0 aliphatic rings. The summed E-state index contributed by atoms with van der Waals surface area (Å²) in [7, 11) is 0. The number of hydrogen-bond donors (Lipinski definition) is 3. The second-order valence-corrected chi connectivity index (χ2v) is 2.76. The molecule has 0 saturated heterocycles. The van der Waals surface area contributed by atoms with Crippen molar-refractivity contribution in [3.05, 3.63) is 0 Å². The lowest BCUT2D eigenvalue weighted by Gasteiger charge is -2.11. The molecule has 0 amide bonds. The zero-order chi connectivity index (χ0) is 9.02. The van der Waals surface area contributed by atoms with E-state index in [-0.39, 0.29) is 0 Å². The van der Waals surface area contributed by atoms with E-state index in [1.165, 1.54) is 6.26 Å². The van der Waals surface area contributed by atoms with Gasteiger partial charge >= 0.3 is 11.9 Å². The average molecular weight is 180 g/mol. The summed E-state index contributed by atoms with van der Waals surface area (Å²) in [6.45, 7) is 0. The van der Waals surface area contributed by atoms with Gasteiger partial charge in [-0.1, -0.05) is 0 Å². The van der Waals surface area contributed by atoms with Crippen LogP contribution in [0.25, 0.3) is 0 Å². The molecule has 3 N–H and O–H groups in total. The van der Waals surface area contributed by atoms with Gasteiger partial charge in [-0.2, -0.15) is 0 Å². The van der Waals surface area contributed by atoms with Gasteiger partial charge in [0.05, 0.1) is 0 Å². The highest BCUT2D eigenvalue weighted by atomic mass is 32.2. The lowest BCUT2D eigenvalue weighted by molar-refractivity contribution is -0.152. The van der Waals surface area contributed by atoms with Crippen molar-refractivity contribution in [1.82, 2.24) is 0 Å². The maximum atomic E-state index is 10.2. The number of aliphatic hydroxyl groups excluding tert-OH is 1. The van der Waals surface area contributed by atoms with Gasteiger partial charge in [0.25, 0.3) is 0 Å². The molecule has 0 aromatic rings. The van der Waals surface area contributed by atoms with Gasteiger partial charge < -0.3 is 15.3 Å². The number of carbonyl (C=O) groups is 2. The van der Waals surface area contributed by atoms with Crippen LogP contribution in [0.3, 0.4) is 0 Å². The van der Waals surface area contributed by atoms with Crippen LogP contribution < -0.4 is 0 Å². The minimum atomic E-state index is -1.84. The Morgan fingerprint density at radius 3 is 1.82 bits per heavy atom. The summed E-state index contributed by atoms with van der Waals surface area (Å²) in [5.74, 6) is -2.85. The molecular formula is C5H8O5S. The molecule has 0 aromatic heterocycles. The minimum absolute atomic E-state index is 0.784. The highest BCUT2D eigenvalue weighted by Gasteiger charge is 2.30. The van der Waals surface area contributed by atoms with Gasteiger partial charge in [0, 0.05) is 0 Å². The molecule has 0 aliphatic heterocycles. The van der Waals surface area contributed by atoms with Crippen molar-refractivity contribution in [2.75, 3.05) is 6.26 Å². The molecule has 64 valence electrons. The first-order valence-corrected chi connectivity index (χ1v) is 3.96. The molecule has 0 heterocycles. The highest BCUT2D eigenvalue weighted by molar-refractivity contribution is 8.00. The third-order valence-corrected chi connectivity index (χ3v) is 2.00. The molecule has 0 bridgehead atoms. The molecule has 11 heavy (non-hydrogen) atoms. The quantitative estimate of drug-likeness (QED) is 0.526. The monoisotopic (exact) mass is 180 g/mol. The Hall–Kier alpha value is -0.750. The summed E-state index contributed by atoms with van der Waals surface area (Å²) >= 11 is 0.784. The average Bonchev–Trinajstić information content (AvgIpc) is 1.88. The fourth-order valence-corrected chi connectivity index (χ4v) is 1.07. The third kappa shape index (κ3) is 2.77. The minimum Gasteiger partial charge on any atom is -0.480 e. The largest absolute Gasteiger partial charge is 0.480 e. The maximum Gasteiger partial charge on any atom is 0.334 e. The van der Waals surface area contributed by atoms with Crippen LogP contribution in [0.5, 0.6) is 0 Å². The number of hydrogen-bond acceptors (Lipinski definition) is 4. The smallest absolute Gasteiger partial charge is 0.334 e. The normalized spacial score (nSPS) is 15.5. The third-order valence-electron chi connectivity index (χ3n) is 1.04. The molecule has 2 unspecified atom stereocenters. The van der Waals surface area contributed by atoms with E-state index in [1.807, 2.05) is 0 Å². The molecule has 5 nitrogen and oxygen atoms in total. The number of rotatable bonds is 4. The second kappa shape index (κ2) is 4.20. The van der Waals surface area contributed by atoms with E-state index >= 15 is 0 Å². The van der Waals surface area contributed by atoms with Gasteiger partial charge in [-0.25, -0.2) is 4.79 Å². The Morgan fingerprint density at radius 2 is 1.73 bits per heavy atom. The maximum absolute atomic E-state index is 10.2. The van der Waals surface area contributed by atoms with Crippen LogP contribution in [-0.4, -0.2) is 44.9 Å². The molecule has 6 heteroatoms. The van der Waals surface area contributed by atoms with E-state index in [2.05, 4.69) is 0 Å². The summed E-state index contributed by atoms with van der Waals surface area (Å²) < 4.78 is 0. The number of carboxylic acids is 2. The summed E-state index contributed by atoms with van der Waals surface area (Å²) in [4.78, 5) is 20.3. The van der Waals surface area contributed by atoms with E-state index in [9.17, 15) is 9.59 Å². The van der Waals surface area contributed by atoms with Crippen molar-refractivity contribution in [1.29, 1.82) is 0 Å². The van der Waals surface area contributed by atoms with Gasteiger partial charge in [0.2, 0.25) is 0 Å². The van der Waals surface area contributed by atoms with Crippen molar-refractivity contribution < 1.29 is 24.9 Å². The lowest BCUT2D eigenvalue weighted by atomic mass is 10.2. The molecule has 0 spiro atoms. The fraction of sp³-hybridized carbons (Fsp3) is 0.600. The van der Waals surface area contributed by atoms with Gasteiger partial charge in [-0.15, -0.1) is 11.8 Å². The summed E-state index contributed by atoms with van der Waals surface area (Å²) in [5, 5.41) is 24.0. The van der Waals surface area contributed by atoms with E-state index in [0.29, 0.717) is 0 Å². The van der Waals surface area contributed by atoms with Crippen LogP contribution >= 0.6 is 11.8 Å². The second-order valence-electron chi connectivity index (χ2n) is 1.78. The number of carboxylic acid groups (broad SMARTS) is 2. The lowest BCUT2D eigenvalue weighted by Crippen LogP contribution is -2.37. The molecule has 0 aromatic carbocycles. The zero-order valence-corrected chi connectivity index (χ0v) is 6.54. The molecule has 0 radical (unpaired) electrons. The molecule has 0 rings (SSSR count). The van der Waals surface area contributed by atoms with E-state index in [0.717, 1.165) is 11.8 Å². The summed E-state index contributed by atoms with van der Waals surface area (Å²) in [6.07, 6.45) is -0.423. The fourth-order valence-electron chi connectivity index (χ4n) is 0.494. The van der Waals surface area contributed by atoms with Crippen molar-refractivity contribution in [2.45, 2.75) is 11.4 Å². The van der Waals surface area contributed by atoms with E-state index < -0.39 is 23.3 Å². The van der Waals surface area contributed by atoms with Crippen LogP contribution in [0.4, 0.5) is 0 Å². The Balaban J connectivity index is 4.25. The van der Waals surface area contributed by atoms with Crippen LogP contribution in [0.1, 0.15) is 0 Å². The van der Waals surface area contributed by atoms with Gasteiger partial charge in [0.15, 0.2) is 6.10 Å². The standard InChI is InChI=1S/C5H8O5S/c1-11-3(5(9)10)2(6)4(7)8/h2-3,6H,1H3,(H,7,8)(H,9,10). The van der Waals surface area contributed by atoms with Crippen molar-refractivity contribution >= 4 is 23.7 Å². The predicted molar refractivity (Wildman–Crippen MR) is 38.6 cm³/mol. The predicted octanol–water partition coefficient (Wildman–Crippen LogP) is -0.752. The Labute approximate surface area is 67.0 Å². The van der Waals surface area contributed by atoms with Gasteiger partial charge in [-0.05, 0) is 6.26 Å². The first-order chi connectivity index (χ1) is 5.00. The summed E-state index contributed by atoms with van der Waals surface area (Å²) in [5.41, 5.74) is 0. The number of aliphatic hydroxyl groups is 1. The molecule has 0 saturated carbocycles. The molecule has 0 aliphatic carbocycles. The topological polar surface area (TPSA) is 94.8 Å². The Morgan fingerprint density at radius 1 is 1.27 bits per heavy atom. The van der Waals surface area contributed by atoms with Crippen molar-refractivity contribution in [2.24, 2.45) is 0 Å². The number of aliphatic carboxylic acids is 2. The first-order valence-electron chi connectivity index (χ1n) is 2.67. The van der Waals surface area contributed by atoms with Crippen LogP contribution in [0.2, 0.25) is 0 Å². The molecular weight excluding hydrogens is 172 g/mol.